The molecule has 0 atom stereocenters. The van der Waals surface area contributed by atoms with Crippen LogP contribution in [0, 0.1) is 10.1 Å². The van der Waals surface area contributed by atoms with E-state index in [0.717, 1.165) is 0 Å². The summed E-state index contributed by atoms with van der Waals surface area (Å²) >= 11 is 0. The number of carbonyl (C=O) groups is 1. The lowest BCUT2D eigenvalue weighted by atomic mass is 10.2. The van der Waals surface area contributed by atoms with Crippen LogP contribution in [0.25, 0.3) is 11.1 Å². The Balaban J connectivity index is 1.66. The van der Waals surface area contributed by atoms with Crippen LogP contribution in [-0.2, 0) is 4.74 Å². The first-order valence-electron chi connectivity index (χ1n) is 8.83. The third-order valence-electron chi connectivity index (χ3n) is 4.47. The molecule has 0 unspecified atom stereocenters. The number of esters is 1. The highest BCUT2D eigenvalue weighted by molar-refractivity contribution is 6.03. The predicted octanol–water partition coefficient (Wildman–Crippen LogP) is 2.80. The molecule has 0 saturated carbocycles. The Hall–Kier alpha value is -3.66. The topological polar surface area (TPSA) is 117 Å². The maximum absolute atomic E-state index is 12.7. The van der Waals surface area contributed by atoms with E-state index in [1.165, 1.54) is 37.4 Å². The number of nitro groups is 1. The zero-order valence-electron chi connectivity index (χ0n) is 15.5. The van der Waals surface area contributed by atoms with E-state index in [0.29, 0.717) is 43.6 Å². The molecule has 4 rings (SSSR count). The zero-order valence-corrected chi connectivity index (χ0v) is 15.5. The largest absolute Gasteiger partial charge is 0.494 e. The van der Waals surface area contributed by atoms with Crippen LogP contribution in [0.1, 0.15) is 10.4 Å². The van der Waals surface area contributed by atoms with Crippen molar-refractivity contribution in [1.82, 2.24) is 4.98 Å². The van der Waals surface area contributed by atoms with Crippen LogP contribution in [0.5, 0.6) is 11.5 Å². The molecular weight excluding hydrogens is 382 g/mol. The van der Waals surface area contributed by atoms with Crippen LogP contribution in [0.15, 0.2) is 40.8 Å². The number of hydrogen-bond donors (Lipinski definition) is 0. The molecular formula is C19H17N3O7. The Morgan fingerprint density at radius 1 is 1.17 bits per heavy atom. The Labute approximate surface area is 164 Å². The molecule has 150 valence electrons. The van der Waals surface area contributed by atoms with Crippen molar-refractivity contribution in [2.75, 3.05) is 38.3 Å². The number of benzene rings is 2. The maximum atomic E-state index is 12.7. The molecule has 29 heavy (non-hydrogen) atoms. The van der Waals surface area contributed by atoms with E-state index in [2.05, 4.69) is 4.98 Å². The number of nitro benzene ring substituents is 1. The molecule has 2 aromatic carbocycles. The van der Waals surface area contributed by atoms with Gasteiger partial charge in [-0.3, -0.25) is 10.1 Å². The van der Waals surface area contributed by atoms with Gasteiger partial charge in [-0.05, 0) is 24.3 Å². The number of morpholine rings is 1. The van der Waals surface area contributed by atoms with Gasteiger partial charge in [0, 0.05) is 25.2 Å². The van der Waals surface area contributed by atoms with Gasteiger partial charge < -0.3 is 23.5 Å². The van der Waals surface area contributed by atoms with Gasteiger partial charge in [-0.25, -0.2) is 4.79 Å². The molecule has 0 radical (unpaired) electrons. The molecule has 1 fully saturated rings. The fourth-order valence-electron chi connectivity index (χ4n) is 2.99. The van der Waals surface area contributed by atoms with Gasteiger partial charge in [0.05, 0.1) is 25.2 Å². The van der Waals surface area contributed by atoms with Gasteiger partial charge in [-0.1, -0.05) is 0 Å². The average molecular weight is 399 g/mol. The summed E-state index contributed by atoms with van der Waals surface area (Å²) in [6.07, 6.45) is 0. The number of anilines is 1. The van der Waals surface area contributed by atoms with Crippen molar-refractivity contribution in [3.05, 3.63) is 52.1 Å². The minimum absolute atomic E-state index is 0.0953. The Morgan fingerprint density at radius 2 is 1.90 bits per heavy atom. The van der Waals surface area contributed by atoms with Crippen molar-refractivity contribution in [3.8, 4) is 11.5 Å². The summed E-state index contributed by atoms with van der Waals surface area (Å²) in [6, 6.07) is 8.75. The standard InChI is InChI=1S/C19H17N3O7/c1-26-15-7-6-14(18(23)28-13-4-2-12(3-5-13)22(24)25)17-16(15)20-19(29-17)21-8-10-27-11-9-21/h2-7H,8-11H2,1H3. The maximum Gasteiger partial charge on any atom is 0.347 e. The lowest BCUT2D eigenvalue weighted by Gasteiger charge is -2.24. The van der Waals surface area contributed by atoms with Crippen LogP contribution in [0.4, 0.5) is 11.7 Å². The summed E-state index contributed by atoms with van der Waals surface area (Å²) in [5, 5.41) is 10.8. The number of oxazole rings is 1. The molecule has 0 bridgehead atoms. The highest BCUT2D eigenvalue weighted by Gasteiger charge is 2.24. The van der Waals surface area contributed by atoms with E-state index in [1.807, 2.05) is 4.90 Å². The Morgan fingerprint density at radius 3 is 2.55 bits per heavy atom. The normalized spacial score (nSPS) is 14.0. The van der Waals surface area contributed by atoms with Crippen molar-refractivity contribution in [1.29, 1.82) is 0 Å². The molecule has 0 aliphatic carbocycles. The van der Waals surface area contributed by atoms with Crippen LogP contribution in [0.2, 0.25) is 0 Å². The number of aromatic nitrogens is 1. The number of hydrogen-bond acceptors (Lipinski definition) is 9. The number of non-ortho nitro benzene ring substituents is 1. The molecule has 0 N–H and O–H groups in total. The SMILES string of the molecule is COc1ccc(C(=O)Oc2ccc([N+](=O)[O-])cc2)c2oc(N3CCOCC3)nc12. The summed E-state index contributed by atoms with van der Waals surface area (Å²) in [7, 11) is 1.51. The van der Waals surface area contributed by atoms with Gasteiger partial charge >= 0.3 is 5.97 Å². The number of rotatable bonds is 5. The minimum Gasteiger partial charge on any atom is -0.494 e. The van der Waals surface area contributed by atoms with E-state index in [4.69, 9.17) is 18.6 Å². The number of carbonyl (C=O) groups excluding carboxylic acids is 1. The second-order valence-corrected chi connectivity index (χ2v) is 6.23. The third kappa shape index (κ3) is 3.69. The van der Waals surface area contributed by atoms with Gasteiger partial charge in [-0.15, -0.1) is 0 Å². The summed E-state index contributed by atoms with van der Waals surface area (Å²) in [6.45, 7) is 2.37. The van der Waals surface area contributed by atoms with E-state index in [-0.39, 0.29) is 22.6 Å². The van der Waals surface area contributed by atoms with Crippen LogP contribution < -0.4 is 14.4 Å². The molecule has 10 heteroatoms. The first-order valence-corrected chi connectivity index (χ1v) is 8.83. The fraction of sp³-hybridized carbons (Fsp3) is 0.263. The first-order chi connectivity index (χ1) is 14.1. The lowest BCUT2D eigenvalue weighted by Crippen LogP contribution is -2.36. The molecule has 1 aliphatic heterocycles. The quantitative estimate of drug-likeness (QED) is 0.276. The summed E-state index contributed by atoms with van der Waals surface area (Å²) in [4.78, 5) is 29.3. The molecule has 10 nitrogen and oxygen atoms in total. The van der Waals surface area contributed by atoms with Gasteiger partial charge in [-0.2, -0.15) is 4.98 Å². The van der Waals surface area contributed by atoms with Crippen LogP contribution in [0.3, 0.4) is 0 Å². The Bertz CT molecular complexity index is 1060. The lowest BCUT2D eigenvalue weighted by molar-refractivity contribution is -0.384. The van der Waals surface area contributed by atoms with Crippen molar-refractivity contribution < 1.29 is 28.3 Å². The molecule has 1 aromatic heterocycles. The van der Waals surface area contributed by atoms with E-state index < -0.39 is 10.9 Å². The van der Waals surface area contributed by atoms with Crippen molar-refractivity contribution in [3.63, 3.8) is 0 Å². The molecule has 2 heterocycles. The highest BCUT2D eigenvalue weighted by atomic mass is 16.6. The highest BCUT2D eigenvalue weighted by Crippen LogP contribution is 2.33. The van der Waals surface area contributed by atoms with E-state index >= 15 is 0 Å². The number of methoxy groups -OCH3 is 1. The van der Waals surface area contributed by atoms with E-state index in [9.17, 15) is 14.9 Å². The second-order valence-electron chi connectivity index (χ2n) is 6.23. The van der Waals surface area contributed by atoms with Crippen LogP contribution >= 0.6 is 0 Å². The van der Waals surface area contributed by atoms with Crippen molar-refractivity contribution in [2.24, 2.45) is 0 Å². The number of nitrogens with zero attached hydrogens (tertiary/aromatic N) is 3. The second kappa shape index (κ2) is 7.76. The van der Waals surface area contributed by atoms with Crippen molar-refractivity contribution in [2.45, 2.75) is 0 Å². The number of fused-ring (bicyclic) bond motifs is 1. The fourth-order valence-corrected chi connectivity index (χ4v) is 2.99. The summed E-state index contributed by atoms with van der Waals surface area (Å²) in [5.41, 5.74) is 0.734. The summed E-state index contributed by atoms with van der Waals surface area (Å²) in [5.74, 6) is -0.0242. The minimum atomic E-state index is -0.670. The predicted molar refractivity (Wildman–Crippen MR) is 102 cm³/mol. The first kappa shape index (κ1) is 18.7. The number of ether oxygens (including phenoxy) is 3. The van der Waals surface area contributed by atoms with Crippen LogP contribution in [-0.4, -0.2) is 49.3 Å². The Kier molecular flexibility index (Phi) is 5.00. The third-order valence-corrected chi connectivity index (χ3v) is 4.47. The molecule has 0 amide bonds. The van der Waals surface area contributed by atoms with Gasteiger partial charge in [0.2, 0.25) is 0 Å². The average Bonchev–Trinajstić information content (AvgIpc) is 3.19. The smallest absolute Gasteiger partial charge is 0.347 e. The summed E-state index contributed by atoms with van der Waals surface area (Å²) < 4.78 is 21.9. The van der Waals surface area contributed by atoms with Gasteiger partial charge in [0.15, 0.2) is 11.1 Å². The molecule has 3 aromatic rings. The monoisotopic (exact) mass is 399 g/mol. The molecule has 1 saturated heterocycles. The van der Waals surface area contributed by atoms with E-state index in [1.54, 1.807) is 6.07 Å². The van der Waals surface area contributed by atoms with Gasteiger partial charge in [0.25, 0.3) is 11.7 Å². The van der Waals surface area contributed by atoms with Gasteiger partial charge in [0.1, 0.15) is 17.1 Å². The molecule has 0 spiro atoms. The zero-order chi connectivity index (χ0) is 20.4. The van der Waals surface area contributed by atoms with Crippen molar-refractivity contribution >= 4 is 28.8 Å². The molecule has 1 aliphatic rings.